The number of nitrogens with zero attached hydrogens (tertiary/aromatic N) is 3. The lowest BCUT2D eigenvalue weighted by Gasteiger charge is -2.34. The van der Waals surface area contributed by atoms with E-state index in [4.69, 9.17) is 9.47 Å². The van der Waals surface area contributed by atoms with Gasteiger partial charge in [-0.3, -0.25) is 9.69 Å². The summed E-state index contributed by atoms with van der Waals surface area (Å²) >= 11 is 0. The van der Waals surface area contributed by atoms with Gasteiger partial charge in [-0.2, -0.15) is 0 Å². The molecule has 2 aromatic carbocycles. The summed E-state index contributed by atoms with van der Waals surface area (Å²) in [5.74, 6) is 2.50. The van der Waals surface area contributed by atoms with Crippen LogP contribution in [0.5, 0.6) is 11.5 Å². The summed E-state index contributed by atoms with van der Waals surface area (Å²) in [7, 11) is 1.66. The zero-order chi connectivity index (χ0) is 20.2. The normalized spacial score (nSPS) is 14.9. The number of benzene rings is 2. The fraction of sp³-hybridized carbons (Fsp3) is 0.364. The second-order valence-electron chi connectivity index (χ2n) is 7.33. The number of carbonyl (C=O) groups excluding carboxylic acids is 1. The minimum atomic E-state index is 0.0296. The highest BCUT2D eigenvalue weighted by molar-refractivity contribution is 5.78. The molecule has 1 N–H and O–H groups in total. The lowest BCUT2D eigenvalue weighted by molar-refractivity contribution is -0.135. The van der Waals surface area contributed by atoms with Crippen LogP contribution in [-0.4, -0.2) is 65.6 Å². The average Bonchev–Trinajstić information content (AvgIpc) is 3.14. The molecule has 1 saturated heterocycles. The molecule has 0 saturated carbocycles. The molecule has 0 spiro atoms. The van der Waals surface area contributed by atoms with E-state index in [2.05, 4.69) is 14.9 Å². The number of hydrogen-bond donors (Lipinski definition) is 1. The highest BCUT2D eigenvalue weighted by Gasteiger charge is 2.22. The summed E-state index contributed by atoms with van der Waals surface area (Å²) in [5.41, 5.74) is 3.02. The molecule has 0 atom stereocenters. The molecule has 3 aromatic rings. The molecule has 1 aliphatic heterocycles. The first-order valence-electron chi connectivity index (χ1n) is 9.83. The second-order valence-corrected chi connectivity index (χ2v) is 7.33. The van der Waals surface area contributed by atoms with Crippen LogP contribution in [0.2, 0.25) is 0 Å². The van der Waals surface area contributed by atoms with Crippen molar-refractivity contribution in [1.29, 1.82) is 0 Å². The molecule has 0 bridgehead atoms. The predicted octanol–water partition coefficient (Wildman–Crippen LogP) is 2.60. The first-order valence-corrected chi connectivity index (χ1v) is 9.83. The number of aromatic amines is 1. The maximum absolute atomic E-state index is 12.5. The molecule has 0 aliphatic carbocycles. The lowest BCUT2D eigenvalue weighted by atomic mass is 10.2. The third-order valence-corrected chi connectivity index (χ3v) is 5.19. The summed E-state index contributed by atoms with van der Waals surface area (Å²) in [6.07, 6.45) is 0. The minimum Gasteiger partial charge on any atom is -0.497 e. The van der Waals surface area contributed by atoms with Crippen LogP contribution in [0, 0.1) is 6.92 Å². The van der Waals surface area contributed by atoms with Crippen molar-refractivity contribution in [2.24, 2.45) is 0 Å². The van der Waals surface area contributed by atoms with Crippen LogP contribution in [0.15, 0.2) is 42.5 Å². The van der Waals surface area contributed by atoms with Gasteiger partial charge in [0.1, 0.15) is 17.3 Å². The summed E-state index contributed by atoms with van der Waals surface area (Å²) in [6, 6.07) is 13.6. The van der Waals surface area contributed by atoms with Gasteiger partial charge >= 0.3 is 0 Å². The van der Waals surface area contributed by atoms with E-state index in [0.29, 0.717) is 13.1 Å². The number of methoxy groups -OCH3 is 1. The van der Waals surface area contributed by atoms with Gasteiger partial charge in [0, 0.05) is 32.2 Å². The Balaban J connectivity index is 1.27. The number of amides is 1. The molecule has 152 valence electrons. The van der Waals surface area contributed by atoms with Gasteiger partial charge in [-0.05, 0) is 36.8 Å². The standard InChI is InChI=1S/C22H26N4O3/c1-16-4-3-5-18(12-16)29-15-22(27)26-10-8-25(9-11-26)14-21-23-19-7-6-17(28-2)13-20(19)24-21/h3-7,12-13H,8-11,14-15H2,1-2H3,(H,23,24). The number of nitrogens with one attached hydrogen (secondary N) is 1. The van der Waals surface area contributed by atoms with Crippen LogP contribution in [0.1, 0.15) is 11.4 Å². The van der Waals surface area contributed by atoms with Crippen molar-refractivity contribution >= 4 is 16.9 Å². The summed E-state index contributed by atoms with van der Waals surface area (Å²) in [4.78, 5) is 24.6. The molecule has 2 heterocycles. The number of ether oxygens (including phenoxy) is 2. The van der Waals surface area contributed by atoms with Crippen LogP contribution in [-0.2, 0) is 11.3 Å². The average molecular weight is 394 g/mol. The van der Waals surface area contributed by atoms with E-state index in [1.807, 2.05) is 54.3 Å². The molecular formula is C22H26N4O3. The van der Waals surface area contributed by atoms with E-state index in [9.17, 15) is 4.79 Å². The molecule has 0 unspecified atom stereocenters. The largest absolute Gasteiger partial charge is 0.497 e. The van der Waals surface area contributed by atoms with E-state index in [1.54, 1.807) is 7.11 Å². The number of aryl methyl sites for hydroxylation is 1. The summed E-state index contributed by atoms with van der Waals surface area (Å²) in [6.45, 7) is 5.85. The number of fused-ring (bicyclic) bond motifs is 1. The third-order valence-electron chi connectivity index (χ3n) is 5.19. The first kappa shape index (κ1) is 19.3. The van der Waals surface area contributed by atoms with E-state index in [1.165, 1.54) is 0 Å². The maximum Gasteiger partial charge on any atom is 0.260 e. The molecule has 7 heteroatoms. The Bertz CT molecular complexity index is 993. The molecule has 4 rings (SSSR count). The molecule has 1 amide bonds. The minimum absolute atomic E-state index is 0.0296. The van der Waals surface area contributed by atoms with E-state index in [0.717, 1.165) is 53.6 Å². The Morgan fingerprint density at radius 1 is 1.10 bits per heavy atom. The van der Waals surface area contributed by atoms with Crippen molar-refractivity contribution in [3.05, 3.63) is 53.9 Å². The van der Waals surface area contributed by atoms with Crippen LogP contribution in [0.4, 0.5) is 0 Å². The van der Waals surface area contributed by atoms with Crippen molar-refractivity contribution in [2.45, 2.75) is 13.5 Å². The van der Waals surface area contributed by atoms with E-state index >= 15 is 0 Å². The van der Waals surface area contributed by atoms with Crippen molar-refractivity contribution < 1.29 is 14.3 Å². The number of hydrogen-bond acceptors (Lipinski definition) is 5. The Morgan fingerprint density at radius 3 is 2.69 bits per heavy atom. The Hall–Kier alpha value is -3.06. The molecule has 1 fully saturated rings. The molecule has 7 nitrogen and oxygen atoms in total. The predicted molar refractivity (Wildman–Crippen MR) is 111 cm³/mol. The van der Waals surface area contributed by atoms with Crippen molar-refractivity contribution in [3.8, 4) is 11.5 Å². The Kier molecular flexibility index (Phi) is 5.67. The van der Waals surface area contributed by atoms with Crippen LogP contribution in [0.25, 0.3) is 11.0 Å². The number of aromatic nitrogens is 2. The van der Waals surface area contributed by atoms with E-state index < -0.39 is 0 Å². The summed E-state index contributed by atoms with van der Waals surface area (Å²) < 4.78 is 10.9. The van der Waals surface area contributed by atoms with Crippen molar-refractivity contribution in [3.63, 3.8) is 0 Å². The van der Waals surface area contributed by atoms with Crippen molar-refractivity contribution in [2.75, 3.05) is 39.9 Å². The third kappa shape index (κ3) is 4.68. The van der Waals surface area contributed by atoms with E-state index in [-0.39, 0.29) is 12.5 Å². The van der Waals surface area contributed by atoms with Crippen LogP contribution in [0.3, 0.4) is 0 Å². The van der Waals surface area contributed by atoms with Gasteiger partial charge in [-0.25, -0.2) is 4.98 Å². The van der Waals surface area contributed by atoms with Gasteiger partial charge in [0.05, 0.1) is 24.7 Å². The van der Waals surface area contributed by atoms with Crippen molar-refractivity contribution in [1.82, 2.24) is 19.8 Å². The van der Waals surface area contributed by atoms with Crippen LogP contribution >= 0.6 is 0 Å². The smallest absolute Gasteiger partial charge is 0.260 e. The highest BCUT2D eigenvalue weighted by Crippen LogP contribution is 2.19. The van der Waals surface area contributed by atoms with Gasteiger partial charge in [-0.1, -0.05) is 12.1 Å². The SMILES string of the molecule is COc1ccc2nc(CN3CCN(C(=O)COc4cccc(C)c4)CC3)[nH]c2c1. The monoisotopic (exact) mass is 394 g/mol. The molecule has 0 radical (unpaired) electrons. The van der Waals surface area contributed by atoms with Gasteiger partial charge in [-0.15, -0.1) is 0 Å². The maximum atomic E-state index is 12.5. The molecule has 1 aromatic heterocycles. The molecule has 1 aliphatic rings. The topological polar surface area (TPSA) is 70.7 Å². The number of imidazole rings is 1. The zero-order valence-electron chi connectivity index (χ0n) is 16.9. The van der Waals surface area contributed by atoms with Gasteiger partial charge in [0.15, 0.2) is 6.61 Å². The lowest BCUT2D eigenvalue weighted by Crippen LogP contribution is -2.49. The fourth-order valence-electron chi connectivity index (χ4n) is 3.55. The quantitative estimate of drug-likeness (QED) is 0.696. The number of carbonyl (C=O) groups is 1. The first-order chi connectivity index (χ1) is 14.1. The van der Waals surface area contributed by atoms with Gasteiger partial charge < -0.3 is 19.4 Å². The van der Waals surface area contributed by atoms with Gasteiger partial charge in [0.2, 0.25) is 0 Å². The molecule has 29 heavy (non-hydrogen) atoms. The number of piperazine rings is 1. The summed E-state index contributed by atoms with van der Waals surface area (Å²) in [5, 5.41) is 0. The molecular weight excluding hydrogens is 368 g/mol. The Morgan fingerprint density at radius 2 is 1.93 bits per heavy atom. The number of rotatable bonds is 6. The second kappa shape index (κ2) is 8.53. The highest BCUT2D eigenvalue weighted by atomic mass is 16.5. The Labute approximate surface area is 170 Å². The number of H-pyrrole nitrogens is 1. The zero-order valence-corrected chi connectivity index (χ0v) is 16.9. The van der Waals surface area contributed by atoms with Crippen LogP contribution < -0.4 is 9.47 Å². The fourth-order valence-corrected chi connectivity index (χ4v) is 3.55. The van der Waals surface area contributed by atoms with Gasteiger partial charge in [0.25, 0.3) is 5.91 Å².